The second-order valence-corrected chi connectivity index (χ2v) is 15.4. The van der Waals surface area contributed by atoms with Crippen molar-refractivity contribution in [2.75, 3.05) is 12.0 Å². The fourth-order valence-electron chi connectivity index (χ4n) is 5.31. The lowest BCUT2D eigenvalue weighted by Crippen LogP contribution is -2.51. The van der Waals surface area contributed by atoms with E-state index < -0.39 is 8.32 Å². The summed E-state index contributed by atoms with van der Waals surface area (Å²) in [5.41, 5.74) is 8.47. The zero-order chi connectivity index (χ0) is 22.2. The molecule has 3 rings (SSSR count). The molecule has 1 aliphatic heterocycles. The number of ether oxygens (including phenoxy) is 1. The first-order valence-electron chi connectivity index (χ1n) is 11.0. The second kappa shape index (κ2) is 9.14. The zero-order valence-corrected chi connectivity index (χ0v) is 21.4. The lowest BCUT2D eigenvalue weighted by Gasteiger charge is -2.44. The summed E-state index contributed by atoms with van der Waals surface area (Å²) >= 11 is 1.55. The maximum absolute atomic E-state index is 7.12. The molecule has 2 N–H and O–H groups in total. The van der Waals surface area contributed by atoms with Gasteiger partial charge in [0.2, 0.25) is 8.32 Å². The van der Waals surface area contributed by atoms with E-state index in [-0.39, 0.29) is 18.4 Å². The fourth-order valence-corrected chi connectivity index (χ4v) is 11.5. The van der Waals surface area contributed by atoms with Crippen LogP contribution in [0.5, 0.6) is 0 Å². The van der Waals surface area contributed by atoms with Crippen LogP contribution in [0.15, 0.2) is 11.4 Å². The maximum Gasteiger partial charge on any atom is 0.200 e. The first kappa shape index (κ1) is 23.5. The topological polar surface area (TPSA) is 88.1 Å². The number of hydrogen-bond donors (Lipinski definition) is 1. The Kier molecular flexibility index (Phi) is 7.16. The maximum atomic E-state index is 7.12. The number of nitrogen functional groups attached to an aromatic ring is 1. The van der Waals surface area contributed by atoms with Crippen molar-refractivity contribution in [3.05, 3.63) is 6.33 Å². The number of nitrogens with zero attached hydrogens (tertiary/aromatic N) is 4. The Bertz CT molecular complexity index is 851. The average Bonchev–Trinajstić information content (AvgIpc) is 3.26. The Morgan fingerprint density at radius 2 is 1.83 bits per heavy atom. The number of aromatic nitrogens is 4. The normalized spacial score (nSPS) is 22.8. The highest BCUT2D eigenvalue weighted by molar-refractivity contribution is 7.98. The molecule has 1 fully saturated rings. The molecule has 0 amide bonds. The quantitative estimate of drug-likeness (QED) is 0.425. The van der Waals surface area contributed by atoms with Crippen LogP contribution in [0.25, 0.3) is 11.0 Å². The van der Waals surface area contributed by atoms with Gasteiger partial charge in [-0.3, -0.25) is 0 Å². The van der Waals surface area contributed by atoms with E-state index in [1.165, 1.54) is 6.33 Å². The van der Waals surface area contributed by atoms with Crippen molar-refractivity contribution in [2.45, 2.75) is 101 Å². The lowest BCUT2D eigenvalue weighted by atomic mass is 10.1. The first-order valence-corrected chi connectivity index (χ1v) is 14.4. The van der Waals surface area contributed by atoms with E-state index in [9.17, 15) is 0 Å². The highest BCUT2D eigenvalue weighted by atomic mass is 32.2. The molecule has 0 aliphatic carbocycles. The third-order valence-corrected chi connectivity index (χ3v) is 13.4. The summed E-state index contributed by atoms with van der Waals surface area (Å²) in [6.07, 6.45) is 5.07. The molecule has 30 heavy (non-hydrogen) atoms. The predicted molar refractivity (Wildman–Crippen MR) is 126 cm³/mol. The smallest absolute Gasteiger partial charge is 0.200 e. The Hall–Kier alpha value is -1.16. The Morgan fingerprint density at radius 1 is 1.20 bits per heavy atom. The minimum atomic E-state index is -2.00. The Labute approximate surface area is 185 Å². The number of hydrogen-bond acceptors (Lipinski definition) is 7. The van der Waals surface area contributed by atoms with Gasteiger partial charge in [-0.15, -0.1) is 11.8 Å². The van der Waals surface area contributed by atoms with Crippen molar-refractivity contribution >= 4 is 36.9 Å². The number of fused-ring (bicyclic) bond motifs is 1. The standard InChI is InChI=1S/C21H37N5O2SSi/c1-9-15-16(28-30(12(2)3,13(4)5)14(6)7)10-17(27-15)26-20-18(21(25-26)29-8)19(22)23-11-24-20/h11-17H,9-10H2,1-8H3,(H2,22,23,24)/t15-,16+,17-/m1/s1. The minimum Gasteiger partial charge on any atom is -0.410 e. The predicted octanol–water partition coefficient (Wildman–Crippen LogP) is 5.39. The van der Waals surface area contributed by atoms with Gasteiger partial charge in [0, 0.05) is 6.42 Å². The molecule has 7 nitrogen and oxygen atoms in total. The fraction of sp³-hybridized carbons (Fsp3) is 0.762. The molecule has 3 atom stereocenters. The van der Waals surface area contributed by atoms with Crippen LogP contribution >= 0.6 is 11.8 Å². The summed E-state index contributed by atoms with van der Waals surface area (Å²) in [5, 5.41) is 6.42. The summed E-state index contributed by atoms with van der Waals surface area (Å²) in [7, 11) is -2.00. The van der Waals surface area contributed by atoms with Gasteiger partial charge in [-0.05, 0) is 29.3 Å². The van der Waals surface area contributed by atoms with E-state index in [0.29, 0.717) is 22.4 Å². The van der Waals surface area contributed by atoms with E-state index >= 15 is 0 Å². The number of anilines is 1. The molecule has 0 unspecified atom stereocenters. The summed E-state index contributed by atoms with van der Waals surface area (Å²) in [6, 6.07) is 0. The van der Waals surface area contributed by atoms with Crippen molar-refractivity contribution < 1.29 is 9.16 Å². The third-order valence-electron chi connectivity index (χ3n) is 6.60. The van der Waals surface area contributed by atoms with Crippen molar-refractivity contribution in [3.63, 3.8) is 0 Å². The van der Waals surface area contributed by atoms with E-state index in [1.54, 1.807) is 11.8 Å². The van der Waals surface area contributed by atoms with Crippen molar-refractivity contribution in [1.82, 2.24) is 19.7 Å². The molecule has 0 saturated carbocycles. The van der Waals surface area contributed by atoms with E-state index in [0.717, 1.165) is 28.9 Å². The molecule has 1 aliphatic rings. The summed E-state index contributed by atoms with van der Waals surface area (Å²) in [4.78, 5) is 8.62. The van der Waals surface area contributed by atoms with Gasteiger partial charge in [0.1, 0.15) is 17.2 Å². The third kappa shape index (κ3) is 3.89. The summed E-state index contributed by atoms with van der Waals surface area (Å²) in [5.74, 6) is 0.458. The molecular formula is C21H37N5O2SSi. The van der Waals surface area contributed by atoms with Gasteiger partial charge in [-0.1, -0.05) is 48.5 Å². The van der Waals surface area contributed by atoms with Crippen LogP contribution in [-0.4, -0.2) is 46.5 Å². The van der Waals surface area contributed by atoms with Gasteiger partial charge in [0.15, 0.2) is 11.9 Å². The molecule has 1 saturated heterocycles. The highest BCUT2D eigenvalue weighted by Crippen LogP contribution is 2.46. The monoisotopic (exact) mass is 451 g/mol. The molecule has 0 radical (unpaired) electrons. The zero-order valence-electron chi connectivity index (χ0n) is 19.5. The first-order chi connectivity index (χ1) is 14.2. The molecule has 0 spiro atoms. The van der Waals surface area contributed by atoms with Gasteiger partial charge < -0.3 is 14.9 Å². The van der Waals surface area contributed by atoms with Crippen LogP contribution < -0.4 is 5.73 Å². The number of thioether (sulfide) groups is 1. The molecule has 2 aromatic rings. The van der Waals surface area contributed by atoms with Gasteiger partial charge in [0.05, 0.1) is 17.6 Å². The van der Waals surface area contributed by atoms with Gasteiger partial charge in [0.25, 0.3) is 0 Å². The summed E-state index contributed by atoms with van der Waals surface area (Å²) in [6.45, 7) is 16.1. The lowest BCUT2D eigenvalue weighted by molar-refractivity contribution is -0.0222. The molecule has 168 valence electrons. The van der Waals surface area contributed by atoms with Crippen LogP contribution in [0.2, 0.25) is 16.6 Å². The van der Waals surface area contributed by atoms with Crippen molar-refractivity contribution in [2.24, 2.45) is 0 Å². The molecule has 9 heteroatoms. The largest absolute Gasteiger partial charge is 0.410 e. The Balaban J connectivity index is 1.96. The average molecular weight is 452 g/mol. The van der Waals surface area contributed by atoms with Crippen LogP contribution in [0.3, 0.4) is 0 Å². The van der Waals surface area contributed by atoms with E-state index in [4.69, 9.17) is 20.0 Å². The molecule has 2 aromatic heterocycles. The molecule has 0 bridgehead atoms. The van der Waals surface area contributed by atoms with Crippen molar-refractivity contribution in [3.8, 4) is 0 Å². The summed E-state index contributed by atoms with van der Waals surface area (Å²) < 4.78 is 15.5. The van der Waals surface area contributed by atoms with E-state index in [1.807, 2.05) is 10.9 Å². The van der Waals surface area contributed by atoms with Gasteiger partial charge in [-0.2, -0.15) is 5.10 Å². The van der Waals surface area contributed by atoms with Crippen LogP contribution in [-0.2, 0) is 9.16 Å². The SMILES string of the molecule is CC[C@H]1O[C@@H](n2nc(SC)c3c(N)ncnc32)C[C@@H]1O[Si](C(C)C)(C(C)C)C(C)C. The molecule has 3 heterocycles. The number of nitrogens with two attached hydrogens (primary N) is 1. The van der Waals surface area contributed by atoms with Crippen LogP contribution in [0.1, 0.15) is 67.5 Å². The van der Waals surface area contributed by atoms with E-state index in [2.05, 4.69) is 58.4 Å². The van der Waals surface area contributed by atoms with Crippen LogP contribution in [0, 0.1) is 0 Å². The Morgan fingerprint density at radius 3 is 2.37 bits per heavy atom. The highest BCUT2D eigenvalue weighted by Gasteiger charge is 2.50. The van der Waals surface area contributed by atoms with Gasteiger partial charge >= 0.3 is 0 Å². The second-order valence-electron chi connectivity index (χ2n) is 9.16. The van der Waals surface area contributed by atoms with Gasteiger partial charge in [-0.25, -0.2) is 14.6 Å². The van der Waals surface area contributed by atoms with Crippen molar-refractivity contribution in [1.29, 1.82) is 0 Å². The minimum absolute atomic E-state index is 0.0503. The molecular weight excluding hydrogens is 414 g/mol. The number of rotatable bonds is 8. The molecule has 0 aromatic carbocycles. The van der Waals surface area contributed by atoms with Crippen LogP contribution in [0.4, 0.5) is 5.82 Å².